The van der Waals surface area contributed by atoms with Crippen molar-refractivity contribution in [1.29, 1.82) is 0 Å². The molecule has 0 saturated heterocycles. The minimum atomic E-state index is -0.912. The van der Waals surface area contributed by atoms with Gasteiger partial charge in [-0.2, -0.15) is 0 Å². The molecule has 0 fully saturated rings. The van der Waals surface area contributed by atoms with Gasteiger partial charge in [-0.25, -0.2) is 0 Å². The lowest BCUT2D eigenvalue weighted by Crippen LogP contribution is -2.49. The van der Waals surface area contributed by atoms with E-state index in [0.717, 1.165) is 38.5 Å². The second kappa shape index (κ2) is 6.80. The zero-order valence-corrected chi connectivity index (χ0v) is 16.8. The second-order valence-electron chi connectivity index (χ2n) is 8.33. The van der Waals surface area contributed by atoms with E-state index in [2.05, 4.69) is 36.4 Å². The van der Waals surface area contributed by atoms with Crippen LogP contribution in [0.3, 0.4) is 0 Å². The zero-order chi connectivity index (χ0) is 19.9. The van der Waals surface area contributed by atoms with Gasteiger partial charge in [-0.05, 0) is 51.0 Å². The van der Waals surface area contributed by atoms with E-state index in [-0.39, 0.29) is 0 Å². The van der Waals surface area contributed by atoms with E-state index < -0.39 is 11.2 Å². The van der Waals surface area contributed by atoms with E-state index in [4.69, 9.17) is 9.07 Å². The highest BCUT2D eigenvalue weighted by atomic mass is 16.5. The first kappa shape index (κ1) is 18.8. The van der Waals surface area contributed by atoms with E-state index in [9.17, 15) is 5.11 Å². The normalized spacial score (nSPS) is 12.6. The number of aliphatic hydroxyl groups is 1. The molecule has 1 heterocycles. The van der Waals surface area contributed by atoms with Crippen LogP contribution in [0.15, 0.2) is 71.1 Å². The maximum atomic E-state index is 10.2. The molecule has 0 aliphatic heterocycles. The molecule has 4 aromatic rings. The van der Waals surface area contributed by atoms with Crippen LogP contribution in [0.25, 0.3) is 33.1 Å². The average molecular weight is 372 g/mol. The molecular weight excluding hydrogens is 347 g/mol. The molecule has 0 atom stereocenters. The highest BCUT2D eigenvalue weighted by Crippen LogP contribution is 2.36. The Morgan fingerprint density at radius 2 is 1.50 bits per heavy atom. The molecule has 1 aromatic heterocycles. The minimum Gasteiger partial charge on any atom is -0.456 e. The van der Waals surface area contributed by atoms with Crippen LogP contribution < -0.4 is 5.46 Å². The predicted octanol–water partition coefficient (Wildman–Crippen LogP) is 4.80. The average Bonchev–Trinajstić information content (AvgIpc) is 3.05. The topological polar surface area (TPSA) is 42.6 Å². The summed E-state index contributed by atoms with van der Waals surface area (Å²) >= 11 is 0. The Labute approximate surface area is 166 Å². The SMILES string of the molecule is CC(C)(O)C(C)(C)OBc1ccc(-c2cccc3oc4ccccc4c23)cc1. The van der Waals surface area contributed by atoms with Crippen LogP contribution in [0.4, 0.5) is 0 Å². The van der Waals surface area contributed by atoms with E-state index in [0.29, 0.717) is 7.48 Å². The maximum Gasteiger partial charge on any atom is 0.309 e. The lowest BCUT2D eigenvalue weighted by Gasteiger charge is -2.37. The summed E-state index contributed by atoms with van der Waals surface area (Å²) in [7, 11) is 0.454. The number of benzene rings is 3. The summed E-state index contributed by atoms with van der Waals surface area (Å²) in [5, 5.41) is 12.5. The fraction of sp³-hybridized carbons (Fsp3) is 0.250. The maximum absolute atomic E-state index is 10.2. The summed E-state index contributed by atoms with van der Waals surface area (Å²) in [4.78, 5) is 0. The number of para-hydroxylation sites is 1. The van der Waals surface area contributed by atoms with E-state index in [1.807, 2.05) is 44.2 Å². The van der Waals surface area contributed by atoms with Gasteiger partial charge >= 0.3 is 7.48 Å². The van der Waals surface area contributed by atoms with Gasteiger partial charge in [0.1, 0.15) is 11.2 Å². The number of hydrogen-bond acceptors (Lipinski definition) is 3. The van der Waals surface area contributed by atoms with Crippen molar-refractivity contribution in [3.8, 4) is 11.1 Å². The molecule has 0 aliphatic carbocycles. The van der Waals surface area contributed by atoms with Gasteiger partial charge in [-0.15, -0.1) is 0 Å². The molecule has 0 aliphatic rings. The fourth-order valence-electron chi connectivity index (χ4n) is 3.24. The van der Waals surface area contributed by atoms with E-state index in [1.54, 1.807) is 13.8 Å². The van der Waals surface area contributed by atoms with Crippen LogP contribution in [0.5, 0.6) is 0 Å². The van der Waals surface area contributed by atoms with Crippen molar-refractivity contribution in [3.63, 3.8) is 0 Å². The monoisotopic (exact) mass is 372 g/mol. The molecule has 0 amide bonds. The van der Waals surface area contributed by atoms with Crippen molar-refractivity contribution >= 4 is 34.9 Å². The molecule has 0 unspecified atom stereocenters. The predicted molar refractivity (Wildman–Crippen MR) is 117 cm³/mol. The molecule has 0 radical (unpaired) electrons. The molecule has 0 saturated carbocycles. The van der Waals surface area contributed by atoms with Crippen molar-refractivity contribution in [1.82, 2.24) is 0 Å². The minimum absolute atomic E-state index is 0.454. The van der Waals surface area contributed by atoms with Crippen LogP contribution in [-0.4, -0.2) is 23.8 Å². The highest BCUT2D eigenvalue weighted by molar-refractivity contribution is 6.47. The summed E-state index contributed by atoms with van der Waals surface area (Å²) in [6.07, 6.45) is 0. The van der Waals surface area contributed by atoms with Gasteiger partial charge in [0.2, 0.25) is 0 Å². The van der Waals surface area contributed by atoms with Gasteiger partial charge in [0.25, 0.3) is 0 Å². The summed E-state index contributed by atoms with van der Waals surface area (Å²) < 4.78 is 12.0. The number of rotatable bonds is 5. The second-order valence-corrected chi connectivity index (χ2v) is 8.33. The molecule has 3 nitrogen and oxygen atoms in total. The first-order chi connectivity index (χ1) is 13.3. The molecule has 0 bridgehead atoms. The lowest BCUT2D eigenvalue weighted by molar-refractivity contribution is -0.0893. The summed E-state index contributed by atoms with van der Waals surface area (Å²) in [6.45, 7) is 7.36. The zero-order valence-electron chi connectivity index (χ0n) is 16.8. The van der Waals surface area contributed by atoms with Gasteiger partial charge in [0.15, 0.2) is 0 Å². The molecule has 3 aromatic carbocycles. The molecule has 1 N–H and O–H groups in total. The van der Waals surface area contributed by atoms with Gasteiger partial charge in [-0.3, -0.25) is 0 Å². The van der Waals surface area contributed by atoms with Crippen LogP contribution in [-0.2, 0) is 4.65 Å². The Kier molecular flexibility index (Phi) is 4.57. The van der Waals surface area contributed by atoms with Gasteiger partial charge in [0.05, 0.1) is 11.2 Å². The van der Waals surface area contributed by atoms with Crippen molar-refractivity contribution < 1.29 is 14.2 Å². The van der Waals surface area contributed by atoms with E-state index in [1.165, 1.54) is 0 Å². The molecule has 4 rings (SSSR count). The van der Waals surface area contributed by atoms with Crippen molar-refractivity contribution in [2.75, 3.05) is 0 Å². The standard InChI is InChI=1S/C24H25BO3/c1-23(2,26)24(3,4)28-25-17-14-12-16(13-15-17)18-9-7-11-21-22(18)19-8-5-6-10-20(19)27-21/h5-15,25-26H,1-4H3. The first-order valence-corrected chi connectivity index (χ1v) is 9.62. The third-order valence-corrected chi connectivity index (χ3v) is 5.74. The van der Waals surface area contributed by atoms with Gasteiger partial charge in [-0.1, -0.05) is 60.1 Å². The van der Waals surface area contributed by atoms with Gasteiger partial charge in [0, 0.05) is 10.8 Å². The number of fused-ring (bicyclic) bond motifs is 3. The van der Waals surface area contributed by atoms with Crippen LogP contribution in [0.2, 0.25) is 0 Å². The largest absolute Gasteiger partial charge is 0.456 e. The van der Waals surface area contributed by atoms with Crippen molar-refractivity contribution in [3.05, 3.63) is 66.7 Å². The Bertz CT molecular complexity index is 1120. The molecular formula is C24H25BO3. The Morgan fingerprint density at radius 3 is 2.21 bits per heavy atom. The van der Waals surface area contributed by atoms with Crippen molar-refractivity contribution in [2.24, 2.45) is 0 Å². The third-order valence-electron chi connectivity index (χ3n) is 5.74. The molecule has 4 heteroatoms. The highest BCUT2D eigenvalue weighted by Gasteiger charge is 2.35. The Balaban J connectivity index is 1.65. The van der Waals surface area contributed by atoms with Crippen LogP contribution in [0.1, 0.15) is 27.7 Å². The van der Waals surface area contributed by atoms with Crippen LogP contribution in [0, 0.1) is 0 Å². The smallest absolute Gasteiger partial charge is 0.309 e. The summed E-state index contributed by atoms with van der Waals surface area (Å²) in [6, 6.07) is 22.7. The summed E-state index contributed by atoms with van der Waals surface area (Å²) in [5.41, 5.74) is 3.64. The molecule has 28 heavy (non-hydrogen) atoms. The summed E-state index contributed by atoms with van der Waals surface area (Å²) in [5.74, 6) is 0. The fourth-order valence-corrected chi connectivity index (χ4v) is 3.24. The third kappa shape index (κ3) is 3.34. The van der Waals surface area contributed by atoms with Crippen LogP contribution >= 0.6 is 0 Å². The van der Waals surface area contributed by atoms with Crippen molar-refractivity contribution in [2.45, 2.75) is 38.9 Å². The Morgan fingerprint density at radius 1 is 0.821 bits per heavy atom. The van der Waals surface area contributed by atoms with E-state index >= 15 is 0 Å². The molecule has 142 valence electrons. The first-order valence-electron chi connectivity index (χ1n) is 9.62. The quantitative estimate of drug-likeness (QED) is 0.512. The van der Waals surface area contributed by atoms with Gasteiger partial charge < -0.3 is 14.2 Å². The Hall–Kier alpha value is -2.56. The number of furan rings is 1. The molecule has 0 spiro atoms. The lowest BCUT2D eigenvalue weighted by atomic mass is 9.82. The number of hydrogen-bond donors (Lipinski definition) is 1.